The highest BCUT2D eigenvalue weighted by Gasteiger charge is 2.37. The van der Waals surface area contributed by atoms with E-state index in [2.05, 4.69) is 433 Å². The predicted octanol–water partition coefficient (Wildman–Crippen LogP) is 31.1. The van der Waals surface area contributed by atoms with E-state index in [1.54, 1.807) is 0 Å². The highest BCUT2D eigenvalue weighted by Crippen LogP contribution is 2.53. The van der Waals surface area contributed by atoms with Crippen LogP contribution in [-0.4, -0.2) is 9.13 Å². The lowest BCUT2D eigenvalue weighted by atomic mass is 9.82. The molecule has 0 unspecified atom stereocenters. The van der Waals surface area contributed by atoms with E-state index in [-0.39, 0.29) is 5.41 Å². The summed E-state index contributed by atoms with van der Waals surface area (Å²) in [6.45, 7) is 4.75. The van der Waals surface area contributed by atoms with Crippen molar-refractivity contribution in [2.24, 2.45) is 0 Å². The van der Waals surface area contributed by atoms with Gasteiger partial charge in [-0.15, -0.1) is 0 Å². The second-order valence-corrected chi connectivity index (χ2v) is 31.5. The fourth-order valence-corrected chi connectivity index (χ4v) is 18.7. The Morgan fingerprint density at radius 2 is 0.590 bits per heavy atom. The first-order valence-corrected chi connectivity index (χ1v) is 40.2. The maximum absolute atomic E-state index is 6.61. The van der Waals surface area contributed by atoms with Crippen LogP contribution in [0.25, 0.3) is 176 Å². The monoisotopic (exact) mass is 1490 g/mol. The van der Waals surface area contributed by atoms with Crippen molar-refractivity contribution in [2.75, 3.05) is 9.80 Å². The lowest BCUT2D eigenvalue weighted by Gasteiger charge is -2.28. The lowest BCUT2D eigenvalue weighted by molar-refractivity contribution is 0.660. The molecule has 1 aliphatic carbocycles. The van der Waals surface area contributed by atoms with Crippen LogP contribution in [0.1, 0.15) is 25.0 Å². The van der Waals surface area contributed by atoms with Gasteiger partial charge >= 0.3 is 0 Å². The minimum absolute atomic E-state index is 0.232. The molecular formula is C111H74N4O2. The number of benzene rings is 19. The molecule has 4 aromatic heterocycles. The topological polar surface area (TPSA) is 42.6 Å². The number of fused-ring (bicyclic) bond motifs is 20. The predicted molar refractivity (Wildman–Crippen MR) is 492 cm³/mol. The van der Waals surface area contributed by atoms with Gasteiger partial charge in [0.1, 0.15) is 22.3 Å². The summed E-state index contributed by atoms with van der Waals surface area (Å²) < 4.78 is 18.0. The summed E-state index contributed by atoms with van der Waals surface area (Å²) in [6.07, 6.45) is 0. The number of para-hydroxylation sites is 5. The van der Waals surface area contributed by atoms with E-state index in [0.717, 1.165) is 128 Å². The SMILES string of the molecule is CC1(C)c2cc(N(c3ccccc3)c3ccc(-c4ccc5ccccc5c4)cc3)ccc2-c2ccc(-n3c4ccccc4c4c5oc6ccccc6c5ccc43)cc21.c1ccc(N(c2ccc(-c3ccc(-n4c5cc6ccccc6cc5c5c6oc7ccccc7c6ccc54)cc3)cc2)c2ccc(-c3ccc4ccccc4c3)cc2)cc1. The molecule has 4 heterocycles. The van der Waals surface area contributed by atoms with E-state index in [0.29, 0.717) is 0 Å². The molecular weight excluding hydrogens is 1420 g/mol. The van der Waals surface area contributed by atoms with Gasteiger partial charge in [0.25, 0.3) is 0 Å². The smallest absolute Gasteiger partial charge is 0.145 e. The molecule has 1 aliphatic rings. The van der Waals surface area contributed by atoms with E-state index in [4.69, 9.17) is 8.83 Å². The Labute approximate surface area is 676 Å². The van der Waals surface area contributed by atoms with E-state index in [1.165, 1.54) is 93.1 Å². The zero-order valence-corrected chi connectivity index (χ0v) is 64.4. The number of rotatable bonds is 11. The van der Waals surface area contributed by atoms with Gasteiger partial charge in [-0.3, -0.25) is 0 Å². The third-order valence-electron chi connectivity index (χ3n) is 24.5. The zero-order valence-electron chi connectivity index (χ0n) is 64.4. The molecule has 0 fully saturated rings. The fourth-order valence-electron chi connectivity index (χ4n) is 18.7. The molecule has 0 bridgehead atoms. The van der Waals surface area contributed by atoms with Gasteiger partial charge in [-0.05, 0) is 252 Å². The molecule has 0 spiro atoms. The van der Waals surface area contributed by atoms with Crippen molar-refractivity contribution < 1.29 is 8.83 Å². The number of furan rings is 2. The van der Waals surface area contributed by atoms with E-state index in [9.17, 15) is 0 Å². The Morgan fingerprint density at radius 3 is 1.12 bits per heavy atom. The van der Waals surface area contributed by atoms with Crippen LogP contribution in [0.5, 0.6) is 0 Å². The maximum atomic E-state index is 6.61. The first kappa shape index (κ1) is 67.5. The largest absolute Gasteiger partial charge is 0.455 e. The van der Waals surface area contributed by atoms with Crippen molar-refractivity contribution in [1.82, 2.24) is 9.13 Å². The standard InChI is InChI=1S/C56H36N2O.C55H38N2O/c1-2-14-45(15-3-1)57(47-28-24-40(25-29-47)44-19-18-37-10-4-5-11-41(37)34-44)46-26-20-38(21-27-46)39-22-30-48(31-23-39)58-52-33-32-50-49-16-8-9-17-54(49)59-56(50)55(52)51-35-42-12-6-7-13-43(42)36-53(51)58;1-55(2)48-33-41(56(39-14-4-3-5-15-39)40-24-22-36(23-25-40)38-21-20-35-12-6-7-13-37(35)32-38)26-28-43(48)44-29-27-42(34-49(44)55)57-50-18-10-8-17-47(50)53-51(57)31-30-46-45-16-9-11-19-52(45)58-54(46)53/h1-36H;3-34H,1-2H3. The third kappa shape index (κ3) is 11.2. The Hall–Kier alpha value is -15.2. The van der Waals surface area contributed by atoms with Gasteiger partial charge in [0.2, 0.25) is 0 Å². The van der Waals surface area contributed by atoms with E-state index < -0.39 is 0 Å². The van der Waals surface area contributed by atoms with Crippen LogP contribution in [0.4, 0.5) is 34.1 Å². The lowest BCUT2D eigenvalue weighted by Crippen LogP contribution is -2.17. The molecule has 0 aliphatic heterocycles. The molecule has 0 saturated carbocycles. The highest BCUT2D eigenvalue weighted by molar-refractivity contribution is 6.26. The van der Waals surface area contributed by atoms with Crippen LogP contribution >= 0.6 is 0 Å². The second-order valence-electron chi connectivity index (χ2n) is 31.5. The molecule has 6 nitrogen and oxygen atoms in total. The summed E-state index contributed by atoms with van der Waals surface area (Å²) in [5, 5.41) is 16.7. The Balaban J connectivity index is 0.000000138. The van der Waals surface area contributed by atoms with Crippen molar-refractivity contribution in [3.05, 3.63) is 424 Å². The van der Waals surface area contributed by atoms with Gasteiger partial charge in [-0.2, -0.15) is 0 Å². The van der Waals surface area contributed by atoms with Gasteiger partial charge in [0, 0.05) is 83.2 Å². The molecule has 19 aromatic carbocycles. The molecule has 0 N–H and O–H groups in total. The summed E-state index contributed by atoms with van der Waals surface area (Å²) in [5.74, 6) is 0. The molecule has 0 saturated heterocycles. The van der Waals surface area contributed by atoms with Crippen LogP contribution in [0, 0.1) is 0 Å². The van der Waals surface area contributed by atoms with Gasteiger partial charge in [0.15, 0.2) is 0 Å². The number of hydrogen-bond donors (Lipinski definition) is 0. The zero-order chi connectivity index (χ0) is 77.4. The van der Waals surface area contributed by atoms with Crippen molar-refractivity contribution in [1.29, 1.82) is 0 Å². The summed E-state index contributed by atoms with van der Waals surface area (Å²) >= 11 is 0. The Bertz CT molecular complexity index is 7880. The summed E-state index contributed by atoms with van der Waals surface area (Å²) in [4.78, 5) is 4.70. The van der Waals surface area contributed by atoms with Crippen molar-refractivity contribution in [2.45, 2.75) is 19.3 Å². The van der Waals surface area contributed by atoms with E-state index >= 15 is 0 Å². The Morgan fingerprint density at radius 1 is 0.222 bits per heavy atom. The Kier molecular flexibility index (Phi) is 15.6. The molecule has 0 radical (unpaired) electrons. The van der Waals surface area contributed by atoms with Gasteiger partial charge in [-0.1, -0.05) is 263 Å². The molecule has 0 amide bonds. The highest BCUT2D eigenvalue weighted by atomic mass is 16.3. The van der Waals surface area contributed by atoms with Gasteiger partial charge in [0.05, 0.1) is 32.8 Å². The van der Waals surface area contributed by atoms with E-state index in [1.807, 2.05) is 12.1 Å². The third-order valence-corrected chi connectivity index (χ3v) is 24.5. The average Bonchev–Trinajstić information content (AvgIpc) is 1.56. The van der Waals surface area contributed by atoms with Gasteiger partial charge < -0.3 is 27.8 Å². The average molecular weight is 1500 g/mol. The number of nitrogens with zero attached hydrogens (tertiary/aromatic N) is 4. The normalized spacial score (nSPS) is 12.4. The van der Waals surface area contributed by atoms with Gasteiger partial charge in [-0.25, -0.2) is 0 Å². The van der Waals surface area contributed by atoms with Crippen molar-refractivity contribution in [3.8, 4) is 55.9 Å². The quantitative estimate of drug-likeness (QED) is 0.129. The number of hydrogen-bond acceptors (Lipinski definition) is 4. The van der Waals surface area contributed by atoms with Crippen molar-refractivity contribution in [3.63, 3.8) is 0 Å². The van der Waals surface area contributed by atoms with Crippen LogP contribution in [0.2, 0.25) is 0 Å². The molecule has 23 aromatic rings. The van der Waals surface area contributed by atoms with Crippen LogP contribution < -0.4 is 9.80 Å². The molecule has 117 heavy (non-hydrogen) atoms. The number of aromatic nitrogens is 2. The number of anilines is 6. The molecule has 24 rings (SSSR count). The minimum atomic E-state index is -0.232. The second kappa shape index (κ2) is 27.0. The fraction of sp³-hybridized carbons (Fsp3) is 0.0270. The molecule has 6 heteroatoms. The summed E-state index contributed by atoms with van der Waals surface area (Å²) in [5.41, 5.74) is 29.5. The minimum Gasteiger partial charge on any atom is -0.455 e. The van der Waals surface area contributed by atoms with Crippen LogP contribution in [0.15, 0.2) is 421 Å². The van der Waals surface area contributed by atoms with Crippen molar-refractivity contribution >= 4 is 154 Å². The maximum Gasteiger partial charge on any atom is 0.145 e. The van der Waals surface area contributed by atoms with Crippen LogP contribution in [-0.2, 0) is 5.41 Å². The summed E-state index contributed by atoms with van der Waals surface area (Å²) in [6, 6.07) is 149. The summed E-state index contributed by atoms with van der Waals surface area (Å²) in [7, 11) is 0. The molecule has 0 atom stereocenters. The van der Waals surface area contributed by atoms with Crippen LogP contribution in [0.3, 0.4) is 0 Å². The molecule has 550 valence electrons. The first-order chi connectivity index (χ1) is 57.7. The first-order valence-electron chi connectivity index (χ1n) is 40.2.